The van der Waals surface area contributed by atoms with Crippen LogP contribution >= 0.6 is 0 Å². The van der Waals surface area contributed by atoms with Crippen LogP contribution in [0.1, 0.15) is 56.4 Å². The number of hydrogen-bond donors (Lipinski definition) is 1. The van der Waals surface area contributed by atoms with Gasteiger partial charge in [0.15, 0.2) is 0 Å². The van der Waals surface area contributed by atoms with E-state index in [2.05, 4.69) is 18.8 Å². The van der Waals surface area contributed by atoms with Crippen LogP contribution in [0.4, 0.5) is 5.69 Å². The molecule has 2 N–H and O–H groups in total. The first kappa shape index (κ1) is 15.9. The Balaban J connectivity index is 2.24. The van der Waals surface area contributed by atoms with Gasteiger partial charge in [-0.05, 0) is 44.9 Å². The van der Waals surface area contributed by atoms with Crippen molar-refractivity contribution in [1.29, 1.82) is 0 Å². The van der Waals surface area contributed by atoms with Crippen LogP contribution in [0.2, 0.25) is 0 Å². The molecule has 0 aliphatic heterocycles. The van der Waals surface area contributed by atoms with Gasteiger partial charge >= 0.3 is 0 Å². The molecule has 0 aromatic carbocycles. The number of nitrogens with two attached hydrogens (primary N) is 1. The summed E-state index contributed by atoms with van der Waals surface area (Å²) in [6.07, 6.45) is 6.30. The number of nitro groups is 1. The molecule has 1 aliphatic rings. The molecule has 0 atom stereocenters. The molecule has 0 amide bonds. The van der Waals surface area contributed by atoms with Gasteiger partial charge in [-0.1, -0.05) is 13.8 Å². The Labute approximate surface area is 126 Å². The van der Waals surface area contributed by atoms with Crippen molar-refractivity contribution >= 4 is 5.69 Å². The molecule has 0 radical (unpaired) electrons. The lowest BCUT2D eigenvalue weighted by Crippen LogP contribution is -2.47. The van der Waals surface area contributed by atoms with Crippen molar-refractivity contribution in [2.75, 3.05) is 0 Å². The predicted molar refractivity (Wildman–Crippen MR) is 83.2 cm³/mol. The second-order valence-corrected chi connectivity index (χ2v) is 7.32. The minimum atomic E-state index is -0.316. The third kappa shape index (κ3) is 3.40. The second-order valence-electron chi connectivity index (χ2n) is 7.32. The molecule has 0 unspecified atom stereocenters. The number of aryl methyl sites for hydroxylation is 1. The van der Waals surface area contributed by atoms with E-state index in [4.69, 9.17) is 5.73 Å². The monoisotopic (exact) mass is 291 g/mol. The maximum atomic E-state index is 11.2. The summed E-state index contributed by atoms with van der Waals surface area (Å²) in [4.78, 5) is 15.3. The molecular weight excluding hydrogens is 266 g/mol. The van der Waals surface area contributed by atoms with Gasteiger partial charge in [-0.25, -0.2) is 0 Å². The molecule has 1 fully saturated rings. The average molecular weight is 291 g/mol. The van der Waals surface area contributed by atoms with Gasteiger partial charge in [0, 0.05) is 29.3 Å². The maximum Gasteiger partial charge on any atom is 0.278 e. The van der Waals surface area contributed by atoms with Gasteiger partial charge in [-0.15, -0.1) is 0 Å². The average Bonchev–Trinajstić information content (AvgIpc) is 2.37. The van der Waals surface area contributed by atoms with Gasteiger partial charge in [-0.3, -0.25) is 15.1 Å². The molecule has 0 spiro atoms. The van der Waals surface area contributed by atoms with Crippen molar-refractivity contribution in [2.45, 2.75) is 65.3 Å². The number of hydrogen-bond acceptors (Lipinski definition) is 4. The van der Waals surface area contributed by atoms with Crippen LogP contribution in [0.15, 0.2) is 6.20 Å². The van der Waals surface area contributed by atoms with Crippen LogP contribution in [-0.4, -0.2) is 15.4 Å². The summed E-state index contributed by atoms with van der Waals surface area (Å²) in [6.45, 7) is 8.05. The Hall–Kier alpha value is -1.49. The lowest BCUT2D eigenvalue weighted by molar-refractivity contribution is -0.386. The van der Waals surface area contributed by atoms with E-state index in [-0.39, 0.29) is 16.1 Å². The van der Waals surface area contributed by atoms with E-state index in [0.29, 0.717) is 23.0 Å². The number of nitrogens with zero attached hydrogens (tertiary/aromatic N) is 2. The number of pyridine rings is 1. The van der Waals surface area contributed by atoms with E-state index < -0.39 is 0 Å². The fourth-order valence-electron chi connectivity index (χ4n) is 3.16. The zero-order valence-corrected chi connectivity index (χ0v) is 13.4. The van der Waals surface area contributed by atoms with Crippen LogP contribution in [0.3, 0.4) is 0 Å². The highest BCUT2D eigenvalue weighted by atomic mass is 16.6. The summed E-state index contributed by atoms with van der Waals surface area (Å²) in [7, 11) is 0. The van der Waals surface area contributed by atoms with E-state index in [1.165, 1.54) is 0 Å². The Kier molecular flexibility index (Phi) is 4.06. The largest absolute Gasteiger partial charge is 0.325 e. The highest BCUT2D eigenvalue weighted by Crippen LogP contribution is 2.40. The first-order valence-electron chi connectivity index (χ1n) is 7.52. The molecule has 2 rings (SSSR count). The third-order valence-electron chi connectivity index (χ3n) is 4.88. The summed E-state index contributed by atoms with van der Waals surface area (Å²) in [5.41, 5.74) is 8.83. The fraction of sp³-hybridized carbons (Fsp3) is 0.688. The van der Waals surface area contributed by atoms with Crippen LogP contribution in [0.25, 0.3) is 0 Å². The Morgan fingerprint density at radius 3 is 2.38 bits per heavy atom. The standard InChI is InChI=1S/C16H25N3O2/c1-11-10-18-13(12(2)14(11)19(20)21)9-16(17)7-5-15(3,4)6-8-16/h10H,5-9,17H2,1-4H3. The van der Waals surface area contributed by atoms with Gasteiger partial charge in [-0.2, -0.15) is 0 Å². The topological polar surface area (TPSA) is 82.0 Å². The molecule has 0 bridgehead atoms. The van der Waals surface area contributed by atoms with Crippen molar-refractivity contribution in [2.24, 2.45) is 11.1 Å². The van der Waals surface area contributed by atoms with Crippen molar-refractivity contribution in [3.05, 3.63) is 33.1 Å². The third-order valence-corrected chi connectivity index (χ3v) is 4.88. The molecule has 0 saturated heterocycles. The Morgan fingerprint density at radius 1 is 1.29 bits per heavy atom. The summed E-state index contributed by atoms with van der Waals surface area (Å²) in [5.74, 6) is 0. The summed E-state index contributed by atoms with van der Waals surface area (Å²) in [6, 6.07) is 0. The molecule has 1 saturated carbocycles. The first-order chi connectivity index (χ1) is 9.64. The second kappa shape index (κ2) is 5.37. The molecule has 116 valence electrons. The first-order valence-corrected chi connectivity index (χ1v) is 7.52. The summed E-state index contributed by atoms with van der Waals surface area (Å²) >= 11 is 0. The normalized spacial score (nSPS) is 20.2. The smallest absolute Gasteiger partial charge is 0.278 e. The van der Waals surface area contributed by atoms with Crippen molar-refractivity contribution in [1.82, 2.24) is 4.98 Å². The molecule has 1 heterocycles. The van der Waals surface area contributed by atoms with Gasteiger partial charge in [0.1, 0.15) is 0 Å². The zero-order valence-electron chi connectivity index (χ0n) is 13.4. The molecule has 5 nitrogen and oxygen atoms in total. The van der Waals surface area contributed by atoms with Crippen LogP contribution in [0, 0.1) is 29.4 Å². The zero-order chi connectivity index (χ0) is 15.8. The van der Waals surface area contributed by atoms with Gasteiger partial charge < -0.3 is 5.73 Å². The van der Waals surface area contributed by atoms with Gasteiger partial charge in [0.2, 0.25) is 0 Å². The van der Waals surface area contributed by atoms with E-state index in [9.17, 15) is 10.1 Å². The molecule has 1 aromatic rings. The lowest BCUT2D eigenvalue weighted by Gasteiger charge is -2.41. The van der Waals surface area contributed by atoms with Gasteiger partial charge in [0.25, 0.3) is 5.69 Å². The van der Waals surface area contributed by atoms with Crippen LogP contribution in [-0.2, 0) is 6.42 Å². The van der Waals surface area contributed by atoms with E-state index in [1.807, 2.05) is 0 Å². The van der Waals surface area contributed by atoms with Crippen molar-refractivity contribution < 1.29 is 4.92 Å². The molecule has 21 heavy (non-hydrogen) atoms. The summed E-state index contributed by atoms with van der Waals surface area (Å²) in [5, 5.41) is 11.2. The predicted octanol–water partition coefficient (Wildman–Crippen LogP) is 3.45. The summed E-state index contributed by atoms with van der Waals surface area (Å²) < 4.78 is 0. The number of aromatic nitrogens is 1. The van der Waals surface area contributed by atoms with Gasteiger partial charge in [0.05, 0.1) is 10.6 Å². The van der Waals surface area contributed by atoms with Crippen LogP contribution in [0.5, 0.6) is 0 Å². The highest BCUT2D eigenvalue weighted by Gasteiger charge is 2.36. The van der Waals surface area contributed by atoms with Crippen LogP contribution < -0.4 is 5.73 Å². The quantitative estimate of drug-likeness (QED) is 0.683. The highest BCUT2D eigenvalue weighted by molar-refractivity contribution is 5.47. The lowest BCUT2D eigenvalue weighted by atomic mass is 9.68. The molecular formula is C16H25N3O2. The minimum absolute atomic E-state index is 0.180. The van der Waals surface area contributed by atoms with Crippen molar-refractivity contribution in [3.63, 3.8) is 0 Å². The Morgan fingerprint density at radius 2 is 1.86 bits per heavy atom. The van der Waals surface area contributed by atoms with Crippen molar-refractivity contribution in [3.8, 4) is 0 Å². The molecule has 1 aliphatic carbocycles. The molecule has 5 heteroatoms. The van der Waals surface area contributed by atoms with E-state index >= 15 is 0 Å². The van der Waals surface area contributed by atoms with E-state index in [1.54, 1.807) is 20.0 Å². The SMILES string of the molecule is Cc1cnc(CC2(N)CCC(C)(C)CC2)c(C)c1[N+](=O)[O-]. The maximum absolute atomic E-state index is 11.2. The fourth-order valence-corrected chi connectivity index (χ4v) is 3.16. The van der Waals surface area contributed by atoms with E-state index in [0.717, 1.165) is 31.4 Å². The molecule has 1 aromatic heterocycles. The minimum Gasteiger partial charge on any atom is -0.325 e. The number of rotatable bonds is 3. The Bertz CT molecular complexity index is 557.